The number of carbonyl (C=O) groups excluding carboxylic acids is 1. The first-order valence-corrected chi connectivity index (χ1v) is 15.9. The Kier molecular flexibility index (Phi) is 9.87. The summed E-state index contributed by atoms with van der Waals surface area (Å²) in [7, 11) is 0. The van der Waals surface area contributed by atoms with Crippen molar-refractivity contribution in [3.8, 4) is 0 Å². The second-order valence-corrected chi connectivity index (χ2v) is 14.0. The van der Waals surface area contributed by atoms with E-state index < -0.39 is 0 Å². The lowest BCUT2D eigenvalue weighted by atomic mass is 9.47. The molecule has 1 N–H and O–H groups in total. The maximum absolute atomic E-state index is 11.5. The Morgan fingerprint density at radius 1 is 1.08 bits per heavy atom. The molecule has 4 rings (SSSR count). The van der Waals surface area contributed by atoms with Gasteiger partial charge in [0.25, 0.3) is 0 Å². The number of fused-ring (bicyclic) bond motifs is 5. The number of carbonyl (C=O) groups is 1. The molecule has 0 spiro atoms. The smallest absolute Gasteiger partial charge is 0.319 e. The highest BCUT2D eigenvalue weighted by Crippen LogP contribution is 2.67. The summed E-state index contributed by atoms with van der Waals surface area (Å²) in [5.41, 5.74) is 2.65. The molecule has 212 valence electrons. The first-order valence-electron chi connectivity index (χ1n) is 15.9. The van der Waals surface area contributed by atoms with Crippen LogP contribution < -0.4 is 5.32 Å². The van der Waals surface area contributed by atoms with E-state index in [0.29, 0.717) is 36.7 Å². The van der Waals surface area contributed by atoms with Crippen LogP contribution in [0.15, 0.2) is 11.6 Å². The zero-order valence-electron chi connectivity index (χ0n) is 25.0. The van der Waals surface area contributed by atoms with Gasteiger partial charge in [-0.3, -0.25) is 4.79 Å². The maximum Gasteiger partial charge on any atom is 0.319 e. The molecule has 3 saturated carbocycles. The van der Waals surface area contributed by atoms with Crippen molar-refractivity contribution in [3.05, 3.63) is 11.6 Å². The molecule has 37 heavy (non-hydrogen) atoms. The molecular formula is C33H57NO3. The summed E-state index contributed by atoms with van der Waals surface area (Å²) in [6.45, 7) is 16.5. The molecule has 0 aromatic rings. The van der Waals surface area contributed by atoms with Crippen LogP contribution in [0.2, 0.25) is 0 Å². The van der Waals surface area contributed by atoms with E-state index in [0.717, 1.165) is 41.9 Å². The first-order chi connectivity index (χ1) is 17.7. The maximum atomic E-state index is 11.5. The third-order valence-corrected chi connectivity index (χ3v) is 11.5. The van der Waals surface area contributed by atoms with Gasteiger partial charge in [0.05, 0.1) is 25.9 Å². The quantitative estimate of drug-likeness (QED) is 0.165. The number of hydrogen-bond donors (Lipinski definition) is 1. The highest BCUT2D eigenvalue weighted by Gasteiger charge is 2.59. The third-order valence-electron chi connectivity index (χ3n) is 11.5. The van der Waals surface area contributed by atoms with E-state index in [-0.39, 0.29) is 12.5 Å². The van der Waals surface area contributed by atoms with Crippen molar-refractivity contribution in [1.82, 2.24) is 5.32 Å². The molecule has 0 bridgehead atoms. The zero-order chi connectivity index (χ0) is 26.6. The van der Waals surface area contributed by atoms with Crippen LogP contribution in [-0.2, 0) is 14.3 Å². The Morgan fingerprint density at radius 2 is 1.89 bits per heavy atom. The number of ether oxygens (including phenoxy) is 2. The van der Waals surface area contributed by atoms with Gasteiger partial charge in [0.15, 0.2) is 0 Å². The predicted octanol–water partition coefficient (Wildman–Crippen LogP) is 7.57. The fourth-order valence-electron chi connectivity index (χ4n) is 9.49. The highest BCUT2D eigenvalue weighted by molar-refractivity contribution is 5.71. The van der Waals surface area contributed by atoms with Gasteiger partial charge in [-0.15, -0.1) is 0 Å². The van der Waals surface area contributed by atoms with Crippen molar-refractivity contribution in [2.75, 3.05) is 26.3 Å². The molecule has 0 saturated heterocycles. The van der Waals surface area contributed by atoms with E-state index in [9.17, 15) is 4.79 Å². The molecule has 0 aromatic heterocycles. The SMILES string of the molecule is CCOC(=O)CNCCO[C@H]1CC[C@@]2(C)C(=CC[C@@H]3C2CC[C@]2(C)C([C@H](C)CCCC(C)C)CC[C@@H]32)C1. The zero-order valence-corrected chi connectivity index (χ0v) is 25.0. The molecule has 0 aromatic carbocycles. The van der Waals surface area contributed by atoms with E-state index in [1.165, 1.54) is 64.2 Å². The Bertz CT molecular complexity index is 792. The van der Waals surface area contributed by atoms with Crippen molar-refractivity contribution in [2.24, 2.45) is 46.3 Å². The molecular weight excluding hydrogens is 458 g/mol. The molecule has 4 heteroatoms. The van der Waals surface area contributed by atoms with Gasteiger partial charge < -0.3 is 14.8 Å². The van der Waals surface area contributed by atoms with Crippen molar-refractivity contribution >= 4 is 5.97 Å². The van der Waals surface area contributed by atoms with Crippen molar-refractivity contribution in [3.63, 3.8) is 0 Å². The van der Waals surface area contributed by atoms with E-state index in [1.54, 1.807) is 5.57 Å². The Hall–Kier alpha value is -0.870. The van der Waals surface area contributed by atoms with E-state index in [4.69, 9.17) is 9.47 Å². The van der Waals surface area contributed by atoms with Gasteiger partial charge in [0, 0.05) is 6.54 Å². The number of allylic oxidation sites excluding steroid dienone is 1. The van der Waals surface area contributed by atoms with Crippen molar-refractivity contribution < 1.29 is 14.3 Å². The first kappa shape index (κ1) is 29.1. The molecule has 2 unspecified atom stereocenters. The number of hydrogen-bond acceptors (Lipinski definition) is 4. The van der Waals surface area contributed by atoms with Gasteiger partial charge in [-0.25, -0.2) is 0 Å². The van der Waals surface area contributed by atoms with Gasteiger partial charge in [0.1, 0.15) is 0 Å². The average Bonchev–Trinajstić information content (AvgIpc) is 3.21. The fraction of sp³-hybridized carbons (Fsp3) is 0.909. The Labute approximate surface area is 228 Å². The molecule has 0 amide bonds. The Balaban J connectivity index is 1.31. The molecule has 4 nitrogen and oxygen atoms in total. The number of rotatable bonds is 12. The summed E-state index contributed by atoms with van der Waals surface area (Å²) in [6, 6.07) is 0. The monoisotopic (exact) mass is 515 g/mol. The third kappa shape index (κ3) is 6.32. The summed E-state index contributed by atoms with van der Waals surface area (Å²) in [5, 5.41) is 3.15. The topological polar surface area (TPSA) is 47.6 Å². The summed E-state index contributed by atoms with van der Waals surface area (Å²) in [4.78, 5) is 11.5. The summed E-state index contributed by atoms with van der Waals surface area (Å²) < 4.78 is 11.2. The van der Waals surface area contributed by atoms with E-state index in [2.05, 4.69) is 46.0 Å². The van der Waals surface area contributed by atoms with Crippen molar-refractivity contribution in [2.45, 2.75) is 118 Å². The van der Waals surface area contributed by atoms with E-state index in [1.807, 2.05) is 6.92 Å². The molecule has 0 aliphatic heterocycles. The van der Waals surface area contributed by atoms with Crippen LogP contribution in [0.25, 0.3) is 0 Å². The van der Waals surface area contributed by atoms with Crippen LogP contribution in [0.4, 0.5) is 0 Å². The summed E-state index contributed by atoms with van der Waals surface area (Å²) in [5.74, 6) is 5.17. The lowest BCUT2D eigenvalue weighted by Crippen LogP contribution is -2.51. The van der Waals surface area contributed by atoms with Crippen LogP contribution >= 0.6 is 0 Å². The van der Waals surface area contributed by atoms with Crippen LogP contribution in [0, 0.1) is 46.3 Å². The van der Waals surface area contributed by atoms with Crippen molar-refractivity contribution in [1.29, 1.82) is 0 Å². The minimum Gasteiger partial charge on any atom is -0.465 e. The minimum atomic E-state index is -0.185. The van der Waals surface area contributed by atoms with Crippen LogP contribution in [0.1, 0.15) is 112 Å². The average molecular weight is 516 g/mol. The molecule has 8 atom stereocenters. The lowest BCUT2D eigenvalue weighted by molar-refractivity contribution is -0.142. The minimum absolute atomic E-state index is 0.185. The standard InChI is InChI=1S/C33H57NO3/c1-7-36-31(35)22-34-19-20-37-26-15-17-32(5)25(21-26)11-12-27-29-14-13-28(24(4)10-8-9-23(2)3)33(29,6)18-16-30(27)32/h11,23-24,26-30,34H,7-10,12-22H2,1-6H3/t24-,26+,27+,28?,29+,30?,32+,33-/m1/s1. The number of esters is 1. The van der Waals surface area contributed by atoms with Crippen LogP contribution in [0.3, 0.4) is 0 Å². The largest absolute Gasteiger partial charge is 0.465 e. The second kappa shape index (κ2) is 12.5. The molecule has 0 heterocycles. The number of nitrogens with one attached hydrogen (secondary N) is 1. The van der Waals surface area contributed by atoms with Gasteiger partial charge in [-0.05, 0) is 105 Å². The van der Waals surface area contributed by atoms with E-state index >= 15 is 0 Å². The van der Waals surface area contributed by atoms with Gasteiger partial charge in [-0.2, -0.15) is 0 Å². The van der Waals surface area contributed by atoms with Gasteiger partial charge in [-0.1, -0.05) is 65.5 Å². The molecule has 0 radical (unpaired) electrons. The van der Waals surface area contributed by atoms with Crippen LogP contribution in [-0.4, -0.2) is 38.4 Å². The highest BCUT2D eigenvalue weighted by atomic mass is 16.5. The molecule has 4 aliphatic carbocycles. The summed E-state index contributed by atoms with van der Waals surface area (Å²) in [6.07, 6.45) is 17.9. The molecule has 4 aliphatic rings. The predicted molar refractivity (Wildman–Crippen MR) is 152 cm³/mol. The fourth-order valence-corrected chi connectivity index (χ4v) is 9.49. The Morgan fingerprint density at radius 3 is 2.65 bits per heavy atom. The summed E-state index contributed by atoms with van der Waals surface area (Å²) >= 11 is 0. The van der Waals surface area contributed by atoms with Gasteiger partial charge in [0.2, 0.25) is 0 Å². The second-order valence-electron chi connectivity index (χ2n) is 14.0. The van der Waals surface area contributed by atoms with Gasteiger partial charge >= 0.3 is 5.97 Å². The molecule has 3 fully saturated rings. The van der Waals surface area contributed by atoms with Crippen LogP contribution in [0.5, 0.6) is 0 Å². The normalized spacial score (nSPS) is 37.9. The lowest BCUT2D eigenvalue weighted by Gasteiger charge is -2.58.